The summed E-state index contributed by atoms with van der Waals surface area (Å²) < 4.78 is 17.9. The van der Waals surface area contributed by atoms with Crippen LogP contribution in [0.25, 0.3) is 5.57 Å². The van der Waals surface area contributed by atoms with Gasteiger partial charge in [-0.25, -0.2) is 4.79 Å². The van der Waals surface area contributed by atoms with E-state index in [1.807, 2.05) is 51.1 Å². The van der Waals surface area contributed by atoms with Gasteiger partial charge in [0.2, 0.25) is 5.91 Å². The molecular weight excluding hydrogens is 568 g/mol. The fourth-order valence-electron chi connectivity index (χ4n) is 5.19. The largest absolute Gasteiger partial charge is 0.491 e. The maximum atomic E-state index is 14.0. The van der Waals surface area contributed by atoms with Crippen molar-refractivity contribution in [3.63, 3.8) is 0 Å². The van der Waals surface area contributed by atoms with Crippen LogP contribution in [0.4, 0.5) is 4.79 Å². The Morgan fingerprint density at radius 3 is 2.27 bits per heavy atom. The summed E-state index contributed by atoms with van der Waals surface area (Å²) >= 11 is 0. The molecule has 0 radical (unpaired) electrons. The van der Waals surface area contributed by atoms with Crippen molar-refractivity contribution in [2.24, 2.45) is 5.92 Å². The molecule has 1 unspecified atom stereocenters. The highest BCUT2D eigenvalue weighted by atomic mass is 28.4. The van der Waals surface area contributed by atoms with Crippen molar-refractivity contribution in [1.29, 1.82) is 0 Å². The average Bonchev–Trinajstić information content (AvgIpc) is 3.78. The van der Waals surface area contributed by atoms with E-state index in [0.29, 0.717) is 37.7 Å². The molecule has 1 heterocycles. The molecule has 1 saturated carbocycles. The summed E-state index contributed by atoms with van der Waals surface area (Å²) in [5.74, 6) is 1.06. The van der Waals surface area contributed by atoms with Crippen molar-refractivity contribution < 1.29 is 23.5 Å². The van der Waals surface area contributed by atoms with E-state index in [-0.39, 0.29) is 23.5 Å². The smallest absolute Gasteiger partial charge is 0.410 e. The van der Waals surface area contributed by atoms with Crippen LogP contribution < -0.4 is 10.1 Å². The quantitative estimate of drug-likeness (QED) is 0.215. The van der Waals surface area contributed by atoms with E-state index in [9.17, 15) is 9.59 Å². The minimum atomic E-state index is -1.82. The lowest BCUT2D eigenvalue weighted by atomic mass is 9.92. The van der Waals surface area contributed by atoms with Crippen LogP contribution in [0, 0.1) is 12.8 Å². The van der Waals surface area contributed by atoms with Gasteiger partial charge in [-0.15, -0.1) is 0 Å². The Kier molecular flexibility index (Phi) is 10.4. The molecule has 1 aliphatic carbocycles. The van der Waals surface area contributed by atoms with Crippen molar-refractivity contribution >= 4 is 25.9 Å². The first kappa shape index (κ1) is 33.8. The standard InChI is InChI=1S/C36H52N2O5Si/c1-25-11-10-12-28(23-25)32(27-13-14-27)37-33(39)31-24-38(34(40)43-35(2,3)4)20-19-30(31)26-15-17-29(18-16-26)41-21-22-42-44(8,9)36(5,6)7/h10-12,15-18,23,27,32H,13-14,19-22,24H2,1-9H3,(H,37,39). The minimum Gasteiger partial charge on any atom is -0.491 e. The highest BCUT2D eigenvalue weighted by Crippen LogP contribution is 2.42. The Balaban J connectivity index is 1.53. The highest BCUT2D eigenvalue weighted by Gasteiger charge is 2.38. The second-order valence-electron chi connectivity index (χ2n) is 14.8. The van der Waals surface area contributed by atoms with Gasteiger partial charge in [-0.3, -0.25) is 4.79 Å². The third kappa shape index (κ3) is 8.97. The fourth-order valence-corrected chi connectivity index (χ4v) is 6.22. The van der Waals surface area contributed by atoms with Crippen molar-refractivity contribution in [1.82, 2.24) is 10.2 Å². The molecule has 0 bridgehead atoms. The van der Waals surface area contributed by atoms with Crippen LogP contribution in [0.2, 0.25) is 18.1 Å². The Bertz CT molecular complexity index is 1350. The zero-order valence-corrected chi connectivity index (χ0v) is 29.2. The first-order valence-electron chi connectivity index (χ1n) is 16.0. The van der Waals surface area contributed by atoms with Crippen LogP contribution in [0.3, 0.4) is 0 Å². The summed E-state index contributed by atoms with van der Waals surface area (Å²) in [5.41, 5.74) is 4.21. The molecule has 2 amide bonds. The molecule has 1 aliphatic heterocycles. The number of rotatable bonds is 10. The second kappa shape index (κ2) is 13.5. The van der Waals surface area contributed by atoms with Crippen LogP contribution in [0.1, 0.15) is 83.5 Å². The summed E-state index contributed by atoms with van der Waals surface area (Å²) in [7, 11) is -1.82. The Morgan fingerprint density at radius 2 is 1.68 bits per heavy atom. The molecule has 2 aromatic carbocycles. The molecule has 1 fully saturated rings. The number of benzene rings is 2. The van der Waals surface area contributed by atoms with Gasteiger partial charge in [0, 0.05) is 12.1 Å². The van der Waals surface area contributed by atoms with Gasteiger partial charge in [0.15, 0.2) is 8.32 Å². The van der Waals surface area contributed by atoms with Gasteiger partial charge < -0.3 is 24.1 Å². The lowest BCUT2D eigenvalue weighted by Gasteiger charge is -2.36. The Labute approximate surface area is 265 Å². The molecule has 0 saturated heterocycles. The number of hydrogen-bond acceptors (Lipinski definition) is 5. The Morgan fingerprint density at radius 1 is 1.00 bits per heavy atom. The van der Waals surface area contributed by atoms with Crippen molar-refractivity contribution in [3.05, 3.63) is 70.8 Å². The van der Waals surface area contributed by atoms with Crippen LogP contribution in [-0.2, 0) is 14.0 Å². The number of ether oxygens (including phenoxy) is 2. The number of aryl methyl sites for hydroxylation is 1. The zero-order chi connectivity index (χ0) is 32.3. The fraction of sp³-hybridized carbons (Fsp3) is 0.556. The van der Waals surface area contributed by atoms with Crippen LogP contribution in [-0.4, -0.2) is 57.1 Å². The predicted octanol–water partition coefficient (Wildman–Crippen LogP) is 8.06. The van der Waals surface area contributed by atoms with Crippen LogP contribution in [0.5, 0.6) is 5.75 Å². The predicted molar refractivity (Wildman–Crippen MR) is 179 cm³/mol. The third-order valence-corrected chi connectivity index (χ3v) is 13.4. The SMILES string of the molecule is Cc1cccc(C(NC(=O)C2=C(c3ccc(OCCO[Si](C)(C)C(C)(C)C)cc3)CCN(C(=O)OC(C)(C)C)C2)C2CC2)c1. The van der Waals surface area contributed by atoms with E-state index in [4.69, 9.17) is 13.9 Å². The third-order valence-electron chi connectivity index (χ3n) is 8.88. The van der Waals surface area contributed by atoms with Crippen molar-refractivity contribution in [2.45, 2.75) is 97.5 Å². The van der Waals surface area contributed by atoms with Crippen LogP contribution in [0.15, 0.2) is 54.1 Å². The second-order valence-corrected chi connectivity index (χ2v) is 19.6. The molecule has 2 aliphatic rings. The van der Waals surface area contributed by atoms with Gasteiger partial charge in [-0.05, 0) is 99.8 Å². The number of hydrogen-bond donors (Lipinski definition) is 1. The summed E-state index contributed by atoms with van der Waals surface area (Å²) in [6.07, 6.45) is 2.35. The summed E-state index contributed by atoms with van der Waals surface area (Å²) in [6, 6.07) is 16.2. The normalized spacial score (nSPS) is 16.9. The molecule has 2 aromatic rings. The van der Waals surface area contributed by atoms with E-state index in [2.05, 4.69) is 64.3 Å². The summed E-state index contributed by atoms with van der Waals surface area (Å²) in [6.45, 7) is 20.5. The molecule has 1 N–H and O–H groups in total. The molecule has 1 atom stereocenters. The van der Waals surface area contributed by atoms with Gasteiger partial charge in [-0.2, -0.15) is 0 Å². The van der Waals surface area contributed by atoms with Gasteiger partial charge in [0.1, 0.15) is 18.0 Å². The number of carbonyl (C=O) groups excluding carboxylic acids is 2. The number of amides is 2. The topological polar surface area (TPSA) is 77.1 Å². The maximum Gasteiger partial charge on any atom is 0.410 e. The number of carbonyl (C=O) groups is 2. The molecule has 240 valence electrons. The first-order chi connectivity index (χ1) is 20.5. The molecule has 8 heteroatoms. The highest BCUT2D eigenvalue weighted by molar-refractivity contribution is 6.74. The average molecular weight is 621 g/mol. The van der Waals surface area contributed by atoms with E-state index < -0.39 is 20.0 Å². The van der Waals surface area contributed by atoms with Crippen molar-refractivity contribution in [2.75, 3.05) is 26.3 Å². The lowest BCUT2D eigenvalue weighted by molar-refractivity contribution is -0.118. The maximum absolute atomic E-state index is 14.0. The molecular formula is C36H52N2O5Si. The molecule has 44 heavy (non-hydrogen) atoms. The van der Waals surface area contributed by atoms with Crippen LogP contribution >= 0.6 is 0 Å². The van der Waals surface area contributed by atoms with E-state index in [0.717, 1.165) is 35.3 Å². The van der Waals surface area contributed by atoms with Gasteiger partial charge in [0.25, 0.3) is 0 Å². The minimum absolute atomic E-state index is 0.0580. The molecule has 7 nitrogen and oxygen atoms in total. The summed E-state index contributed by atoms with van der Waals surface area (Å²) in [4.78, 5) is 28.7. The Hall–Kier alpha value is -3.10. The lowest BCUT2D eigenvalue weighted by Crippen LogP contribution is -2.44. The molecule has 4 rings (SSSR count). The van der Waals surface area contributed by atoms with E-state index in [1.165, 1.54) is 5.56 Å². The van der Waals surface area contributed by atoms with E-state index in [1.54, 1.807) is 4.90 Å². The zero-order valence-electron chi connectivity index (χ0n) is 28.2. The first-order valence-corrected chi connectivity index (χ1v) is 18.9. The van der Waals surface area contributed by atoms with Gasteiger partial charge in [0.05, 0.1) is 19.2 Å². The number of nitrogens with zero attached hydrogens (tertiary/aromatic N) is 1. The van der Waals surface area contributed by atoms with Crippen molar-refractivity contribution in [3.8, 4) is 5.75 Å². The van der Waals surface area contributed by atoms with Gasteiger partial charge >= 0.3 is 6.09 Å². The monoisotopic (exact) mass is 620 g/mol. The number of nitrogens with one attached hydrogen (secondary N) is 1. The summed E-state index contributed by atoms with van der Waals surface area (Å²) in [5, 5.41) is 3.51. The molecule has 0 spiro atoms. The van der Waals surface area contributed by atoms with Gasteiger partial charge in [-0.1, -0.05) is 62.7 Å². The van der Waals surface area contributed by atoms with E-state index >= 15 is 0 Å². The molecule has 0 aromatic heterocycles.